The Morgan fingerprint density at radius 2 is 1.96 bits per heavy atom. The van der Waals surface area contributed by atoms with E-state index in [9.17, 15) is 4.79 Å². The van der Waals surface area contributed by atoms with Gasteiger partial charge in [-0.05, 0) is 55.0 Å². The van der Waals surface area contributed by atoms with Crippen molar-refractivity contribution in [1.29, 1.82) is 0 Å². The predicted octanol–water partition coefficient (Wildman–Crippen LogP) is 3.55. The van der Waals surface area contributed by atoms with Crippen LogP contribution in [0.1, 0.15) is 16.7 Å². The lowest BCUT2D eigenvalue weighted by molar-refractivity contribution is -0.123. The van der Waals surface area contributed by atoms with Gasteiger partial charge in [0.1, 0.15) is 5.75 Å². The molecular weight excluding hydrogens is 308 g/mol. The number of benzene rings is 2. The average molecular weight is 328 g/mol. The lowest BCUT2D eigenvalue weighted by atomic mass is 10.1. The number of hydrogen-bond donors (Lipinski definition) is 1. The van der Waals surface area contributed by atoms with Gasteiger partial charge in [0.05, 0.1) is 6.21 Å². The molecule has 0 fully saturated rings. The molecule has 0 spiro atoms. The second-order valence-corrected chi connectivity index (χ2v) is 6.00. The van der Waals surface area contributed by atoms with Crippen molar-refractivity contribution in [2.45, 2.75) is 18.7 Å². The summed E-state index contributed by atoms with van der Waals surface area (Å²) in [5.74, 6) is 0.430. The summed E-state index contributed by atoms with van der Waals surface area (Å²) in [5, 5.41) is 3.94. The van der Waals surface area contributed by atoms with E-state index in [1.54, 1.807) is 18.0 Å². The third-order valence-electron chi connectivity index (χ3n) is 3.22. The van der Waals surface area contributed by atoms with Gasteiger partial charge in [0.15, 0.2) is 6.61 Å². The zero-order valence-corrected chi connectivity index (χ0v) is 14.3. The van der Waals surface area contributed by atoms with Gasteiger partial charge in [0.2, 0.25) is 0 Å². The number of nitrogens with one attached hydrogen (secondary N) is 1. The van der Waals surface area contributed by atoms with Crippen molar-refractivity contribution in [2.75, 3.05) is 12.9 Å². The Morgan fingerprint density at radius 1 is 1.22 bits per heavy atom. The lowest BCUT2D eigenvalue weighted by Crippen LogP contribution is -2.24. The van der Waals surface area contributed by atoms with E-state index >= 15 is 0 Å². The van der Waals surface area contributed by atoms with Crippen LogP contribution in [-0.2, 0) is 4.79 Å². The molecule has 2 aromatic carbocycles. The second kappa shape index (κ2) is 8.39. The Hall–Kier alpha value is -2.27. The van der Waals surface area contributed by atoms with Gasteiger partial charge in [-0.1, -0.05) is 24.3 Å². The van der Waals surface area contributed by atoms with Crippen LogP contribution in [0.15, 0.2) is 52.5 Å². The van der Waals surface area contributed by atoms with Crippen molar-refractivity contribution >= 4 is 23.9 Å². The van der Waals surface area contributed by atoms with E-state index in [-0.39, 0.29) is 12.5 Å². The highest BCUT2D eigenvalue weighted by Crippen LogP contribution is 2.18. The number of thioether (sulfide) groups is 1. The Morgan fingerprint density at radius 3 is 2.65 bits per heavy atom. The van der Waals surface area contributed by atoms with Gasteiger partial charge in [0, 0.05) is 4.90 Å². The predicted molar refractivity (Wildman–Crippen MR) is 95.4 cm³/mol. The van der Waals surface area contributed by atoms with Crippen molar-refractivity contribution in [3.8, 4) is 5.75 Å². The maximum Gasteiger partial charge on any atom is 0.277 e. The molecule has 0 saturated carbocycles. The third-order valence-corrected chi connectivity index (χ3v) is 3.96. The van der Waals surface area contributed by atoms with Crippen LogP contribution in [0.2, 0.25) is 0 Å². The summed E-state index contributed by atoms with van der Waals surface area (Å²) < 4.78 is 5.52. The van der Waals surface area contributed by atoms with Gasteiger partial charge in [-0.25, -0.2) is 5.43 Å². The van der Waals surface area contributed by atoms with Gasteiger partial charge in [0.25, 0.3) is 5.91 Å². The molecule has 0 radical (unpaired) electrons. The van der Waals surface area contributed by atoms with Crippen LogP contribution in [0.5, 0.6) is 5.75 Å². The average Bonchev–Trinajstić information content (AvgIpc) is 2.56. The molecule has 1 N–H and O–H groups in total. The number of amides is 1. The van der Waals surface area contributed by atoms with E-state index in [4.69, 9.17) is 4.74 Å². The standard InChI is InChI=1S/C18H20N2O2S/c1-13-4-5-14(2)17(10-13)22-12-18(21)20-19-11-15-6-8-16(23-3)9-7-15/h4-11H,12H2,1-3H3,(H,20,21)/b19-11+. The first-order chi connectivity index (χ1) is 11.1. The quantitative estimate of drug-likeness (QED) is 0.501. The van der Waals surface area contributed by atoms with E-state index in [0.29, 0.717) is 0 Å². The molecule has 0 saturated heterocycles. The summed E-state index contributed by atoms with van der Waals surface area (Å²) in [6.45, 7) is 3.87. The summed E-state index contributed by atoms with van der Waals surface area (Å²) in [4.78, 5) is 12.9. The fourth-order valence-electron chi connectivity index (χ4n) is 1.91. The van der Waals surface area contributed by atoms with Crippen LogP contribution in [-0.4, -0.2) is 25.0 Å². The van der Waals surface area contributed by atoms with Crippen LogP contribution >= 0.6 is 11.8 Å². The maximum absolute atomic E-state index is 11.8. The number of hydrazone groups is 1. The summed E-state index contributed by atoms with van der Waals surface area (Å²) in [5.41, 5.74) is 5.49. The number of ether oxygens (including phenoxy) is 1. The van der Waals surface area contributed by atoms with E-state index < -0.39 is 0 Å². The minimum absolute atomic E-state index is 0.0625. The van der Waals surface area contributed by atoms with E-state index in [1.807, 2.05) is 62.6 Å². The summed E-state index contributed by atoms with van der Waals surface area (Å²) in [6.07, 6.45) is 3.64. The SMILES string of the molecule is CSc1ccc(/C=N/NC(=O)COc2cc(C)ccc2C)cc1. The van der Waals surface area contributed by atoms with Gasteiger partial charge >= 0.3 is 0 Å². The summed E-state index contributed by atoms with van der Waals surface area (Å²) in [7, 11) is 0. The Balaban J connectivity index is 1.82. The lowest BCUT2D eigenvalue weighted by Gasteiger charge is -2.08. The van der Waals surface area contributed by atoms with E-state index in [1.165, 1.54) is 4.90 Å². The minimum atomic E-state index is -0.289. The zero-order chi connectivity index (χ0) is 16.7. The molecule has 2 aromatic rings. The molecule has 5 heteroatoms. The first-order valence-corrected chi connectivity index (χ1v) is 8.47. The van der Waals surface area contributed by atoms with Gasteiger partial charge in [-0.3, -0.25) is 4.79 Å². The molecule has 120 valence electrons. The fraction of sp³-hybridized carbons (Fsp3) is 0.222. The highest BCUT2D eigenvalue weighted by molar-refractivity contribution is 7.98. The van der Waals surface area contributed by atoms with Crippen molar-refractivity contribution in [2.24, 2.45) is 5.10 Å². The first-order valence-electron chi connectivity index (χ1n) is 7.24. The summed E-state index contributed by atoms with van der Waals surface area (Å²) >= 11 is 1.68. The fourth-order valence-corrected chi connectivity index (χ4v) is 2.32. The number of hydrogen-bond acceptors (Lipinski definition) is 4. The monoisotopic (exact) mass is 328 g/mol. The van der Waals surface area contributed by atoms with Crippen molar-refractivity contribution < 1.29 is 9.53 Å². The molecule has 1 amide bonds. The van der Waals surface area contributed by atoms with Crippen molar-refractivity contribution in [3.63, 3.8) is 0 Å². The van der Waals surface area contributed by atoms with E-state index in [0.717, 1.165) is 22.4 Å². The molecule has 0 bridgehead atoms. The smallest absolute Gasteiger partial charge is 0.277 e. The van der Waals surface area contributed by atoms with Crippen LogP contribution in [0.25, 0.3) is 0 Å². The van der Waals surface area contributed by atoms with Crippen LogP contribution in [0.3, 0.4) is 0 Å². The van der Waals surface area contributed by atoms with Crippen LogP contribution in [0, 0.1) is 13.8 Å². The number of carbonyl (C=O) groups is 1. The molecule has 0 aliphatic heterocycles. The number of rotatable bonds is 6. The first kappa shape index (κ1) is 17.1. The van der Waals surface area contributed by atoms with Gasteiger partial charge in [-0.15, -0.1) is 11.8 Å². The Bertz CT molecular complexity index is 697. The number of nitrogens with zero attached hydrogens (tertiary/aromatic N) is 1. The number of carbonyl (C=O) groups excluding carboxylic acids is 1. The number of aryl methyl sites for hydroxylation is 2. The maximum atomic E-state index is 11.8. The van der Waals surface area contributed by atoms with Gasteiger partial charge < -0.3 is 4.74 Å². The third kappa shape index (κ3) is 5.45. The van der Waals surface area contributed by atoms with Gasteiger partial charge in [-0.2, -0.15) is 5.10 Å². The van der Waals surface area contributed by atoms with E-state index in [2.05, 4.69) is 10.5 Å². The Labute approximate surface area is 140 Å². The molecule has 0 aliphatic carbocycles. The molecular formula is C18H20N2O2S. The van der Waals surface area contributed by atoms with Crippen molar-refractivity contribution in [3.05, 3.63) is 59.2 Å². The summed E-state index contributed by atoms with van der Waals surface area (Å²) in [6, 6.07) is 13.8. The molecule has 0 aliphatic rings. The molecule has 23 heavy (non-hydrogen) atoms. The topological polar surface area (TPSA) is 50.7 Å². The molecule has 0 unspecified atom stereocenters. The molecule has 0 atom stereocenters. The minimum Gasteiger partial charge on any atom is -0.483 e. The largest absolute Gasteiger partial charge is 0.483 e. The van der Waals surface area contributed by atoms with Crippen molar-refractivity contribution in [1.82, 2.24) is 5.43 Å². The normalized spacial score (nSPS) is 10.7. The molecule has 0 heterocycles. The molecule has 0 aromatic heterocycles. The zero-order valence-electron chi connectivity index (χ0n) is 13.5. The highest BCUT2D eigenvalue weighted by Gasteiger charge is 2.04. The molecule has 4 nitrogen and oxygen atoms in total. The Kier molecular flexibility index (Phi) is 6.23. The second-order valence-electron chi connectivity index (χ2n) is 5.12. The van der Waals surface area contributed by atoms with Crippen LogP contribution < -0.4 is 10.2 Å². The molecule has 2 rings (SSSR count). The van der Waals surface area contributed by atoms with Crippen LogP contribution in [0.4, 0.5) is 0 Å². The highest BCUT2D eigenvalue weighted by atomic mass is 32.2.